The summed E-state index contributed by atoms with van der Waals surface area (Å²) < 4.78 is 47.6. The molecule has 1 aliphatic carbocycles. The average molecular weight is 803 g/mol. The van der Waals surface area contributed by atoms with Crippen LogP contribution >= 0.6 is 0 Å². The van der Waals surface area contributed by atoms with Gasteiger partial charge in [0.2, 0.25) is 10.0 Å². The molecule has 3 N–H and O–H groups in total. The van der Waals surface area contributed by atoms with Crippen molar-refractivity contribution in [1.29, 1.82) is 0 Å². The third-order valence-corrected chi connectivity index (χ3v) is 12.7. The van der Waals surface area contributed by atoms with Crippen LogP contribution in [-0.2, 0) is 27.6 Å². The number of halogens is 1. The average Bonchev–Trinajstić information content (AvgIpc) is 3.62. The molecule has 11 nitrogen and oxygen atoms in total. The molecule has 1 saturated heterocycles. The largest absolute Gasteiger partial charge is 0.379 e. The first kappa shape index (κ1) is 39.5. The first-order valence-corrected chi connectivity index (χ1v) is 21.4. The molecule has 13 heteroatoms. The number of benzene rings is 4. The van der Waals surface area contributed by atoms with Crippen molar-refractivity contribution in [3.05, 3.63) is 146 Å². The number of fused-ring (bicyclic) bond motifs is 6. The predicted molar refractivity (Wildman–Crippen MR) is 226 cm³/mol. The number of para-hydroxylation sites is 1. The van der Waals surface area contributed by atoms with Crippen molar-refractivity contribution in [2.24, 2.45) is 0 Å². The molecule has 1 unspecified atom stereocenters. The number of hydrogen-bond donors (Lipinski definition) is 3. The number of nitrogens with one attached hydrogen (secondary N) is 3. The van der Waals surface area contributed by atoms with Gasteiger partial charge < -0.3 is 14.7 Å². The Kier molecular flexibility index (Phi) is 11.8. The fourth-order valence-electron chi connectivity index (χ4n) is 8.18. The zero-order chi connectivity index (χ0) is 40.2. The molecule has 0 radical (unpaired) electrons. The summed E-state index contributed by atoms with van der Waals surface area (Å²) in [4.78, 5) is 39.8. The quantitative estimate of drug-likeness (QED) is 0.148. The van der Waals surface area contributed by atoms with E-state index in [1.54, 1.807) is 24.3 Å². The van der Waals surface area contributed by atoms with E-state index in [1.165, 1.54) is 17.7 Å². The molecule has 58 heavy (non-hydrogen) atoms. The van der Waals surface area contributed by atoms with Crippen LogP contribution in [0, 0.1) is 5.82 Å². The van der Waals surface area contributed by atoms with Crippen LogP contribution in [0.5, 0.6) is 0 Å². The lowest BCUT2D eigenvalue weighted by molar-refractivity contribution is 0.0133. The van der Waals surface area contributed by atoms with Gasteiger partial charge in [0.15, 0.2) is 0 Å². The maximum atomic E-state index is 13.2. The molecule has 3 aliphatic rings. The predicted octanol–water partition coefficient (Wildman–Crippen LogP) is 6.23. The van der Waals surface area contributed by atoms with Crippen molar-refractivity contribution in [2.75, 3.05) is 45.9 Å². The Morgan fingerprint density at radius 1 is 0.879 bits per heavy atom. The van der Waals surface area contributed by atoms with Gasteiger partial charge >= 0.3 is 0 Å². The third-order valence-electron chi connectivity index (χ3n) is 11.3. The second-order valence-corrected chi connectivity index (χ2v) is 16.7. The molecule has 0 spiro atoms. The molecule has 2 aliphatic heterocycles. The number of aryl methyl sites for hydroxylation is 1. The number of ether oxygens (including phenoxy) is 1. The lowest BCUT2D eigenvalue weighted by Gasteiger charge is -2.34. The van der Waals surface area contributed by atoms with E-state index in [-0.39, 0.29) is 28.0 Å². The number of aromatic amines is 2. The second kappa shape index (κ2) is 17.3. The van der Waals surface area contributed by atoms with Crippen LogP contribution in [0.4, 0.5) is 4.39 Å². The molecule has 0 amide bonds. The van der Waals surface area contributed by atoms with Crippen LogP contribution in [0.1, 0.15) is 48.7 Å². The number of sulfonamides is 1. The third kappa shape index (κ3) is 8.59. The summed E-state index contributed by atoms with van der Waals surface area (Å²) in [5.41, 5.74) is 6.56. The van der Waals surface area contributed by atoms with Gasteiger partial charge in [0.1, 0.15) is 11.6 Å². The van der Waals surface area contributed by atoms with Gasteiger partial charge in [-0.3, -0.25) is 19.4 Å². The summed E-state index contributed by atoms with van der Waals surface area (Å²) >= 11 is 0. The number of H-pyrrole nitrogens is 2. The van der Waals surface area contributed by atoms with E-state index in [9.17, 15) is 22.4 Å². The zero-order valence-corrected chi connectivity index (χ0v) is 33.3. The highest BCUT2D eigenvalue weighted by Crippen LogP contribution is 2.38. The van der Waals surface area contributed by atoms with Gasteiger partial charge in [-0.2, -0.15) is 4.72 Å². The Bertz CT molecular complexity index is 2710. The van der Waals surface area contributed by atoms with E-state index < -0.39 is 10.0 Å². The van der Waals surface area contributed by atoms with Gasteiger partial charge in [-0.25, -0.2) is 17.8 Å². The summed E-state index contributed by atoms with van der Waals surface area (Å²) in [5, 5.41) is 2.20. The zero-order valence-electron chi connectivity index (χ0n) is 32.5. The highest BCUT2D eigenvalue weighted by Gasteiger charge is 2.28. The van der Waals surface area contributed by atoms with Crippen molar-refractivity contribution in [3.8, 4) is 11.3 Å². The summed E-state index contributed by atoms with van der Waals surface area (Å²) in [6, 6.07) is 26.8. The smallest absolute Gasteiger partial charge is 0.258 e. The Morgan fingerprint density at radius 2 is 1.60 bits per heavy atom. The maximum absolute atomic E-state index is 13.2. The molecule has 1 fully saturated rings. The topological polar surface area (TPSA) is 140 Å². The van der Waals surface area contributed by atoms with E-state index in [4.69, 9.17) is 4.74 Å². The van der Waals surface area contributed by atoms with Crippen LogP contribution in [-0.4, -0.2) is 85.3 Å². The highest BCUT2D eigenvalue weighted by molar-refractivity contribution is 7.89. The number of nitrogens with zero attached hydrogens (tertiary/aromatic N) is 3. The number of morpholine rings is 1. The fraction of sp³-hybridized carbons (Fsp3) is 0.311. The molecule has 4 aromatic carbocycles. The second-order valence-electron chi connectivity index (χ2n) is 15.0. The van der Waals surface area contributed by atoms with Crippen molar-refractivity contribution >= 4 is 37.3 Å². The number of hydrogen-bond acceptors (Lipinski definition) is 8. The Balaban J connectivity index is 0.000000164. The molecule has 6 aromatic rings. The molecule has 300 valence electrons. The van der Waals surface area contributed by atoms with Crippen molar-refractivity contribution in [2.45, 2.75) is 50.1 Å². The first-order valence-electron chi connectivity index (χ1n) is 19.9. The Labute approximate surface area is 336 Å². The summed E-state index contributed by atoms with van der Waals surface area (Å²) in [7, 11) is -3.68. The summed E-state index contributed by atoms with van der Waals surface area (Å²) in [6.45, 7) is 7.47. The molecular formula is C45H47FN6O5S. The van der Waals surface area contributed by atoms with Crippen molar-refractivity contribution in [3.63, 3.8) is 0 Å². The molecule has 9 rings (SSSR count). The molecule has 4 heterocycles. The van der Waals surface area contributed by atoms with Gasteiger partial charge in [0, 0.05) is 50.0 Å². The first-order chi connectivity index (χ1) is 28.2. The highest BCUT2D eigenvalue weighted by atomic mass is 32.2. The monoisotopic (exact) mass is 802 g/mol. The molecular weight excluding hydrogens is 756 g/mol. The maximum Gasteiger partial charge on any atom is 0.258 e. The van der Waals surface area contributed by atoms with Gasteiger partial charge in [-0.1, -0.05) is 61.5 Å². The minimum atomic E-state index is -3.68. The molecule has 0 saturated carbocycles. The van der Waals surface area contributed by atoms with Crippen LogP contribution in [0.3, 0.4) is 0 Å². The lowest BCUT2D eigenvalue weighted by Crippen LogP contribution is -2.51. The Morgan fingerprint density at radius 3 is 2.34 bits per heavy atom. The molecule has 0 bridgehead atoms. The van der Waals surface area contributed by atoms with Gasteiger partial charge in [0.25, 0.3) is 11.1 Å². The number of pyridine rings is 1. The standard InChI is InChI=1S/C23H25N3O4S.C22H22FN3O/c1-2-21(26-9-11-30-12-10-26)25-31(28,29)16-7-8-17-15(13-16)14-20-18-5-3-4-6-19(18)23(27)24-22(17)20;23-18-9-7-16(8-10-18)17-11-14-26(15-12-17)13-3-6-21-24-20-5-2-1-4-19(20)22(27)25-21/h3-8,13,21,25H,2,9-12,14H2,1H3,(H,24,27);1-2,4-5,7-11H,3,6,12-15H2,(H,24,25,27). The summed E-state index contributed by atoms with van der Waals surface area (Å²) in [6.07, 6.45) is 5.89. The Hall–Kier alpha value is -5.31. The van der Waals surface area contributed by atoms with Crippen LogP contribution in [0.15, 0.2) is 112 Å². The SMILES string of the molecule is CCC(NS(=O)(=O)c1ccc2c(c1)Cc1c-2[nH]c(=O)c2ccccc12)N1CCOCC1.O=c1[nH]c(CCCN2CC=C(c3ccc(F)cc3)CC2)nc2ccccc12. The lowest BCUT2D eigenvalue weighted by atomic mass is 9.99. The van der Waals surface area contributed by atoms with E-state index in [0.717, 1.165) is 83.6 Å². The molecule has 2 aromatic heterocycles. The van der Waals surface area contributed by atoms with Crippen LogP contribution in [0.25, 0.3) is 38.5 Å². The van der Waals surface area contributed by atoms with Crippen LogP contribution < -0.4 is 15.8 Å². The van der Waals surface area contributed by atoms with Gasteiger partial charge in [-0.15, -0.1) is 0 Å². The van der Waals surface area contributed by atoms with Gasteiger partial charge in [-0.05, 0) is 95.9 Å². The number of aromatic nitrogens is 3. The van der Waals surface area contributed by atoms with E-state index in [0.29, 0.717) is 49.9 Å². The van der Waals surface area contributed by atoms with Crippen molar-refractivity contribution < 1.29 is 17.5 Å². The van der Waals surface area contributed by atoms with Crippen molar-refractivity contribution in [1.82, 2.24) is 29.5 Å². The molecule has 1 atom stereocenters. The van der Waals surface area contributed by atoms with E-state index in [2.05, 4.69) is 35.5 Å². The fourth-order valence-corrected chi connectivity index (χ4v) is 9.54. The normalized spacial score (nSPS) is 16.3. The minimum Gasteiger partial charge on any atom is -0.379 e. The number of rotatable bonds is 10. The van der Waals surface area contributed by atoms with E-state index >= 15 is 0 Å². The summed E-state index contributed by atoms with van der Waals surface area (Å²) in [5.74, 6) is 0.551. The van der Waals surface area contributed by atoms with Gasteiger partial charge in [0.05, 0.1) is 40.9 Å². The minimum absolute atomic E-state index is 0.0690. The van der Waals surface area contributed by atoms with E-state index in [1.807, 2.05) is 61.5 Å². The van der Waals surface area contributed by atoms with Crippen LogP contribution in [0.2, 0.25) is 0 Å².